The van der Waals surface area contributed by atoms with E-state index < -0.39 is 0 Å². The van der Waals surface area contributed by atoms with Crippen molar-refractivity contribution in [2.45, 2.75) is 26.8 Å². The molecule has 0 saturated heterocycles. The van der Waals surface area contributed by atoms with E-state index >= 15 is 0 Å². The average Bonchev–Trinajstić information content (AvgIpc) is 2.89. The Balaban J connectivity index is 2.08. The second kappa shape index (κ2) is 6.18. The Morgan fingerprint density at radius 1 is 1.40 bits per heavy atom. The molecule has 2 heterocycles. The minimum atomic E-state index is -0.172. The van der Waals surface area contributed by atoms with E-state index in [2.05, 4.69) is 20.6 Å². The van der Waals surface area contributed by atoms with Crippen molar-refractivity contribution in [3.05, 3.63) is 41.2 Å². The molecule has 2 aromatic rings. The molecular weight excluding hydrogens is 256 g/mol. The number of hydrogen-bond donors (Lipinski definition) is 2. The van der Waals surface area contributed by atoms with Crippen LogP contribution in [-0.4, -0.2) is 22.9 Å². The summed E-state index contributed by atoms with van der Waals surface area (Å²) >= 11 is 0. The first kappa shape index (κ1) is 14.0. The summed E-state index contributed by atoms with van der Waals surface area (Å²) in [6, 6.07) is 3.51. The van der Waals surface area contributed by atoms with Gasteiger partial charge in [0.15, 0.2) is 0 Å². The number of aryl methyl sites for hydroxylation is 2. The van der Waals surface area contributed by atoms with Crippen LogP contribution in [0.2, 0.25) is 0 Å². The fourth-order valence-corrected chi connectivity index (χ4v) is 1.77. The van der Waals surface area contributed by atoms with Gasteiger partial charge in [-0.15, -0.1) is 0 Å². The zero-order valence-corrected chi connectivity index (χ0v) is 11.9. The summed E-state index contributed by atoms with van der Waals surface area (Å²) in [5.41, 5.74) is 1.44. The molecule has 6 heteroatoms. The number of aromatic nitrogens is 2. The Hall–Kier alpha value is -2.37. The standard InChI is InChI=1S/C14H18N4O2/c1-4-11-5-10(6-12(15-3)18-11)14(19)17-8-13-16-7-9(2)20-13/h5-7H,4,8H2,1-3H3,(H,15,18)(H,17,19). The Kier molecular flexibility index (Phi) is 4.34. The minimum Gasteiger partial charge on any atom is -0.444 e. The van der Waals surface area contributed by atoms with Crippen LogP contribution in [0.5, 0.6) is 0 Å². The van der Waals surface area contributed by atoms with Gasteiger partial charge in [-0.1, -0.05) is 6.92 Å². The Bertz CT molecular complexity index is 585. The van der Waals surface area contributed by atoms with Crippen molar-refractivity contribution in [3.63, 3.8) is 0 Å². The van der Waals surface area contributed by atoms with Gasteiger partial charge in [-0.2, -0.15) is 0 Å². The largest absolute Gasteiger partial charge is 0.444 e. The Morgan fingerprint density at radius 2 is 2.20 bits per heavy atom. The lowest BCUT2D eigenvalue weighted by molar-refractivity contribution is 0.0947. The number of carbonyl (C=O) groups is 1. The molecule has 1 amide bonds. The Labute approximate surface area is 117 Å². The van der Waals surface area contributed by atoms with E-state index in [0.717, 1.165) is 17.9 Å². The predicted molar refractivity (Wildman–Crippen MR) is 75.6 cm³/mol. The summed E-state index contributed by atoms with van der Waals surface area (Å²) in [6.45, 7) is 4.08. The van der Waals surface area contributed by atoms with E-state index in [-0.39, 0.29) is 12.5 Å². The molecule has 0 radical (unpaired) electrons. The smallest absolute Gasteiger partial charge is 0.251 e. The van der Waals surface area contributed by atoms with E-state index in [4.69, 9.17) is 4.42 Å². The molecule has 2 N–H and O–H groups in total. The van der Waals surface area contributed by atoms with Crippen molar-refractivity contribution in [1.29, 1.82) is 0 Å². The molecule has 106 valence electrons. The molecule has 0 fully saturated rings. The molecule has 0 saturated carbocycles. The van der Waals surface area contributed by atoms with E-state index in [1.807, 2.05) is 13.8 Å². The number of nitrogens with one attached hydrogen (secondary N) is 2. The molecule has 0 spiro atoms. The first-order chi connectivity index (χ1) is 9.62. The van der Waals surface area contributed by atoms with Gasteiger partial charge in [-0.3, -0.25) is 4.79 Å². The second-order valence-corrected chi connectivity index (χ2v) is 4.38. The molecule has 0 aliphatic heterocycles. The van der Waals surface area contributed by atoms with Crippen LogP contribution >= 0.6 is 0 Å². The van der Waals surface area contributed by atoms with Crippen LogP contribution in [0.4, 0.5) is 5.82 Å². The SMILES string of the molecule is CCc1cc(C(=O)NCc2ncc(C)o2)cc(NC)n1. The van der Waals surface area contributed by atoms with Crippen LogP contribution < -0.4 is 10.6 Å². The number of hydrogen-bond acceptors (Lipinski definition) is 5. The van der Waals surface area contributed by atoms with Gasteiger partial charge in [0.25, 0.3) is 5.91 Å². The third-order valence-electron chi connectivity index (χ3n) is 2.83. The van der Waals surface area contributed by atoms with Gasteiger partial charge in [0, 0.05) is 18.3 Å². The highest BCUT2D eigenvalue weighted by molar-refractivity contribution is 5.94. The molecule has 2 rings (SSSR count). The highest BCUT2D eigenvalue weighted by atomic mass is 16.4. The number of amides is 1. The van der Waals surface area contributed by atoms with Crippen LogP contribution in [0, 0.1) is 6.92 Å². The number of oxazole rings is 1. The molecule has 0 aliphatic rings. The molecule has 2 aromatic heterocycles. The number of anilines is 1. The molecule has 0 bridgehead atoms. The van der Waals surface area contributed by atoms with Gasteiger partial charge >= 0.3 is 0 Å². The lowest BCUT2D eigenvalue weighted by atomic mass is 10.2. The van der Waals surface area contributed by atoms with Crippen molar-refractivity contribution in [3.8, 4) is 0 Å². The Morgan fingerprint density at radius 3 is 2.80 bits per heavy atom. The third-order valence-corrected chi connectivity index (χ3v) is 2.83. The van der Waals surface area contributed by atoms with Gasteiger partial charge in [0.05, 0.1) is 12.7 Å². The molecule has 0 aliphatic carbocycles. The molecule has 6 nitrogen and oxygen atoms in total. The summed E-state index contributed by atoms with van der Waals surface area (Å²) in [6.07, 6.45) is 2.40. The van der Waals surface area contributed by atoms with Crippen LogP contribution in [0.1, 0.15) is 34.6 Å². The molecule has 20 heavy (non-hydrogen) atoms. The summed E-state index contributed by atoms with van der Waals surface area (Å²) in [7, 11) is 1.78. The molecule has 0 aromatic carbocycles. The highest BCUT2D eigenvalue weighted by Crippen LogP contribution is 2.11. The van der Waals surface area contributed by atoms with Crippen molar-refractivity contribution in [1.82, 2.24) is 15.3 Å². The van der Waals surface area contributed by atoms with Crippen LogP contribution in [0.25, 0.3) is 0 Å². The quantitative estimate of drug-likeness (QED) is 0.870. The number of rotatable bonds is 5. The monoisotopic (exact) mass is 274 g/mol. The van der Waals surface area contributed by atoms with Gasteiger partial charge in [-0.25, -0.2) is 9.97 Å². The third kappa shape index (κ3) is 3.34. The lowest BCUT2D eigenvalue weighted by Gasteiger charge is -2.07. The van der Waals surface area contributed by atoms with Crippen molar-refractivity contribution in [2.24, 2.45) is 0 Å². The van der Waals surface area contributed by atoms with Crippen molar-refractivity contribution >= 4 is 11.7 Å². The summed E-state index contributed by atoms with van der Waals surface area (Å²) in [5.74, 6) is 1.73. The minimum absolute atomic E-state index is 0.172. The zero-order valence-electron chi connectivity index (χ0n) is 11.9. The van der Waals surface area contributed by atoms with E-state index in [1.165, 1.54) is 0 Å². The lowest BCUT2D eigenvalue weighted by Crippen LogP contribution is -2.23. The summed E-state index contributed by atoms with van der Waals surface area (Å²) < 4.78 is 5.31. The van der Waals surface area contributed by atoms with Crippen LogP contribution in [0.3, 0.4) is 0 Å². The summed E-state index contributed by atoms with van der Waals surface area (Å²) in [5, 5.41) is 5.73. The van der Waals surface area contributed by atoms with Crippen LogP contribution in [-0.2, 0) is 13.0 Å². The zero-order chi connectivity index (χ0) is 14.5. The number of pyridine rings is 1. The topological polar surface area (TPSA) is 80.0 Å². The van der Waals surface area contributed by atoms with Crippen LogP contribution in [0.15, 0.2) is 22.7 Å². The van der Waals surface area contributed by atoms with E-state index in [9.17, 15) is 4.79 Å². The van der Waals surface area contributed by atoms with Crippen molar-refractivity contribution < 1.29 is 9.21 Å². The number of nitrogens with zero attached hydrogens (tertiary/aromatic N) is 2. The van der Waals surface area contributed by atoms with Gasteiger partial charge in [0.2, 0.25) is 5.89 Å². The van der Waals surface area contributed by atoms with Crippen molar-refractivity contribution in [2.75, 3.05) is 12.4 Å². The van der Waals surface area contributed by atoms with E-state index in [0.29, 0.717) is 17.3 Å². The fourth-order valence-electron chi connectivity index (χ4n) is 1.77. The highest BCUT2D eigenvalue weighted by Gasteiger charge is 2.10. The fraction of sp³-hybridized carbons (Fsp3) is 0.357. The maximum absolute atomic E-state index is 12.1. The van der Waals surface area contributed by atoms with Gasteiger partial charge in [-0.05, 0) is 25.5 Å². The molecular formula is C14H18N4O2. The first-order valence-electron chi connectivity index (χ1n) is 6.50. The maximum atomic E-state index is 12.1. The van der Waals surface area contributed by atoms with Gasteiger partial charge < -0.3 is 15.1 Å². The second-order valence-electron chi connectivity index (χ2n) is 4.38. The molecule has 0 unspecified atom stereocenters. The molecule has 0 atom stereocenters. The average molecular weight is 274 g/mol. The maximum Gasteiger partial charge on any atom is 0.251 e. The first-order valence-corrected chi connectivity index (χ1v) is 6.50. The summed E-state index contributed by atoms with van der Waals surface area (Å²) in [4.78, 5) is 20.5. The number of carbonyl (C=O) groups excluding carboxylic acids is 1. The predicted octanol–water partition coefficient (Wildman–Crippen LogP) is 1.91. The van der Waals surface area contributed by atoms with Gasteiger partial charge in [0.1, 0.15) is 11.6 Å². The van der Waals surface area contributed by atoms with E-state index in [1.54, 1.807) is 25.4 Å². The normalized spacial score (nSPS) is 10.3.